The van der Waals surface area contributed by atoms with Gasteiger partial charge < -0.3 is 9.30 Å². The summed E-state index contributed by atoms with van der Waals surface area (Å²) in [5.74, 6) is 0.776. The monoisotopic (exact) mass is 452 g/mol. The molecule has 0 unspecified atom stereocenters. The summed E-state index contributed by atoms with van der Waals surface area (Å²) in [5, 5.41) is 8.51. The molecule has 0 saturated carbocycles. The predicted octanol–water partition coefficient (Wildman–Crippen LogP) is 4.37. The van der Waals surface area contributed by atoms with Crippen molar-refractivity contribution in [2.45, 2.75) is 43.5 Å². The van der Waals surface area contributed by atoms with Crippen LogP contribution >= 0.6 is 0 Å². The number of hydrogen-bond acceptors (Lipinski definition) is 5. The molecule has 1 aliphatic heterocycles. The fourth-order valence-corrected chi connectivity index (χ4v) is 4.61. The highest BCUT2D eigenvalue weighted by Crippen LogP contribution is 2.31. The standard InChI is InChI=1S/C20H19F3N4O3S/c21-20(22,23)30-14-7-6-8-15(13-14)31(28,29)26-17-10-4-3-9-16(17)19-25-24-18-11-2-1-5-12-27(18)19/h3-4,6-10,13,26H,1-2,5,11-12H2. The molecule has 1 aromatic heterocycles. The first kappa shape index (κ1) is 21.2. The highest BCUT2D eigenvalue weighted by Gasteiger charge is 2.31. The van der Waals surface area contributed by atoms with Gasteiger partial charge in [-0.15, -0.1) is 23.4 Å². The molecule has 0 saturated heterocycles. The SMILES string of the molecule is O=S(=O)(Nc1ccccc1-c1nnc2n1CCCCC2)c1cccc(OC(F)(F)F)c1. The molecule has 1 aliphatic rings. The Morgan fingerprint density at radius 2 is 1.81 bits per heavy atom. The molecule has 3 aromatic rings. The summed E-state index contributed by atoms with van der Waals surface area (Å²) in [6, 6.07) is 10.9. The molecule has 0 amide bonds. The molecule has 0 radical (unpaired) electrons. The summed E-state index contributed by atoms with van der Waals surface area (Å²) in [6.07, 6.45) is -1.06. The third-order valence-corrected chi connectivity index (χ3v) is 6.23. The lowest BCUT2D eigenvalue weighted by molar-refractivity contribution is -0.274. The fraction of sp³-hybridized carbons (Fsp3) is 0.300. The van der Waals surface area contributed by atoms with Crippen molar-refractivity contribution in [2.24, 2.45) is 0 Å². The fourth-order valence-electron chi connectivity index (χ4n) is 3.49. The molecule has 7 nitrogen and oxygen atoms in total. The lowest BCUT2D eigenvalue weighted by Gasteiger charge is -2.14. The molecular weight excluding hydrogens is 433 g/mol. The number of para-hydroxylation sites is 1. The van der Waals surface area contributed by atoms with E-state index in [9.17, 15) is 21.6 Å². The Morgan fingerprint density at radius 1 is 1.00 bits per heavy atom. The van der Waals surface area contributed by atoms with Crippen molar-refractivity contribution in [3.8, 4) is 17.1 Å². The van der Waals surface area contributed by atoms with E-state index in [2.05, 4.69) is 19.7 Å². The third kappa shape index (κ3) is 4.82. The molecule has 31 heavy (non-hydrogen) atoms. The summed E-state index contributed by atoms with van der Waals surface area (Å²) < 4.78 is 71.5. The average Bonchev–Trinajstić information content (AvgIpc) is 2.95. The number of aryl methyl sites for hydroxylation is 1. The zero-order valence-electron chi connectivity index (χ0n) is 16.3. The van der Waals surface area contributed by atoms with E-state index in [1.807, 2.05) is 4.57 Å². The Kier molecular flexibility index (Phi) is 5.61. The maximum Gasteiger partial charge on any atom is 0.573 e. The van der Waals surface area contributed by atoms with Crippen molar-refractivity contribution in [3.63, 3.8) is 0 Å². The maximum atomic E-state index is 12.9. The van der Waals surface area contributed by atoms with Gasteiger partial charge in [0.05, 0.1) is 10.6 Å². The summed E-state index contributed by atoms with van der Waals surface area (Å²) in [4.78, 5) is -0.357. The van der Waals surface area contributed by atoms with Gasteiger partial charge in [0, 0.05) is 24.6 Å². The van der Waals surface area contributed by atoms with Crippen LogP contribution in [0.25, 0.3) is 11.4 Å². The zero-order chi connectivity index (χ0) is 22.1. The van der Waals surface area contributed by atoms with Crippen LogP contribution in [-0.2, 0) is 23.0 Å². The summed E-state index contributed by atoms with van der Waals surface area (Å²) in [6.45, 7) is 0.732. The lowest BCUT2D eigenvalue weighted by Crippen LogP contribution is -2.18. The van der Waals surface area contributed by atoms with Crippen LogP contribution in [-0.4, -0.2) is 29.5 Å². The first-order chi connectivity index (χ1) is 14.7. The summed E-state index contributed by atoms with van der Waals surface area (Å²) >= 11 is 0. The Labute approximate surface area is 176 Å². The van der Waals surface area contributed by atoms with Gasteiger partial charge in [0.25, 0.3) is 10.0 Å². The van der Waals surface area contributed by atoms with E-state index < -0.39 is 22.1 Å². The van der Waals surface area contributed by atoms with E-state index in [4.69, 9.17) is 0 Å². The van der Waals surface area contributed by atoms with Gasteiger partial charge in [-0.3, -0.25) is 4.72 Å². The van der Waals surface area contributed by atoms with Crippen LogP contribution in [0.4, 0.5) is 18.9 Å². The molecule has 0 spiro atoms. The van der Waals surface area contributed by atoms with Gasteiger partial charge in [-0.1, -0.05) is 24.6 Å². The minimum Gasteiger partial charge on any atom is -0.406 e. The maximum absolute atomic E-state index is 12.9. The van der Waals surface area contributed by atoms with E-state index in [0.717, 1.165) is 50.2 Å². The second-order valence-electron chi connectivity index (χ2n) is 7.08. The largest absolute Gasteiger partial charge is 0.573 e. The first-order valence-corrected chi connectivity index (χ1v) is 11.1. The summed E-state index contributed by atoms with van der Waals surface area (Å²) in [5.41, 5.74) is 0.790. The number of sulfonamides is 1. The van der Waals surface area contributed by atoms with Crippen LogP contribution in [0.1, 0.15) is 25.1 Å². The Balaban J connectivity index is 1.67. The number of hydrogen-bond donors (Lipinski definition) is 1. The molecule has 0 atom stereocenters. The van der Waals surface area contributed by atoms with Gasteiger partial charge >= 0.3 is 6.36 Å². The van der Waals surface area contributed by atoms with E-state index in [1.54, 1.807) is 24.3 Å². The van der Waals surface area contributed by atoms with Crippen LogP contribution < -0.4 is 9.46 Å². The highest BCUT2D eigenvalue weighted by atomic mass is 32.2. The van der Waals surface area contributed by atoms with Crippen molar-refractivity contribution >= 4 is 15.7 Å². The number of ether oxygens (including phenoxy) is 1. The normalized spacial score (nSPS) is 14.5. The van der Waals surface area contributed by atoms with Crippen molar-refractivity contribution in [3.05, 3.63) is 54.4 Å². The van der Waals surface area contributed by atoms with Gasteiger partial charge in [-0.05, 0) is 37.1 Å². The van der Waals surface area contributed by atoms with Gasteiger partial charge in [-0.25, -0.2) is 8.42 Å². The van der Waals surface area contributed by atoms with Gasteiger partial charge in [0.15, 0.2) is 5.82 Å². The van der Waals surface area contributed by atoms with Gasteiger partial charge in [0.1, 0.15) is 11.6 Å². The molecule has 1 N–H and O–H groups in total. The van der Waals surface area contributed by atoms with E-state index in [0.29, 0.717) is 11.4 Å². The Morgan fingerprint density at radius 3 is 2.61 bits per heavy atom. The average molecular weight is 452 g/mol. The molecule has 11 heteroatoms. The molecule has 2 heterocycles. The zero-order valence-corrected chi connectivity index (χ0v) is 17.1. The van der Waals surface area contributed by atoms with Crippen LogP contribution in [0.15, 0.2) is 53.4 Å². The molecule has 0 aliphatic carbocycles. The van der Waals surface area contributed by atoms with Crippen LogP contribution in [0.5, 0.6) is 5.75 Å². The number of alkyl halides is 3. The molecule has 164 valence electrons. The number of rotatable bonds is 5. The van der Waals surface area contributed by atoms with Crippen LogP contribution in [0, 0.1) is 0 Å². The first-order valence-electron chi connectivity index (χ1n) is 9.63. The van der Waals surface area contributed by atoms with Crippen molar-refractivity contribution in [1.82, 2.24) is 14.8 Å². The van der Waals surface area contributed by atoms with Crippen molar-refractivity contribution in [1.29, 1.82) is 0 Å². The van der Waals surface area contributed by atoms with Crippen molar-refractivity contribution < 1.29 is 26.3 Å². The minimum atomic E-state index is -4.92. The van der Waals surface area contributed by atoms with E-state index >= 15 is 0 Å². The lowest BCUT2D eigenvalue weighted by atomic mass is 10.1. The topological polar surface area (TPSA) is 86.1 Å². The Bertz CT molecular complexity index is 1190. The van der Waals surface area contributed by atoms with E-state index in [1.165, 1.54) is 12.1 Å². The quantitative estimate of drug-likeness (QED) is 0.621. The minimum absolute atomic E-state index is 0.254. The molecule has 0 bridgehead atoms. The number of fused-ring (bicyclic) bond motifs is 1. The predicted molar refractivity (Wildman–Crippen MR) is 107 cm³/mol. The Hall–Kier alpha value is -3.08. The van der Waals surface area contributed by atoms with Crippen LogP contribution in [0.3, 0.4) is 0 Å². The second kappa shape index (κ2) is 8.22. The van der Waals surface area contributed by atoms with Gasteiger partial charge in [-0.2, -0.15) is 0 Å². The number of nitrogens with one attached hydrogen (secondary N) is 1. The number of nitrogens with zero attached hydrogens (tertiary/aromatic N) is 3. The second-order valence-corrected chi connectivity index (χ2v) is 8.76. The number of halogens is 3. The summed E-state index contributed by atoms with van der Waals surface area (Å²) in [7, 11) is -4.19. The van der Waals surface area contributed by atoms with Crippen LogP contribution in [0.2, 0.25) is 0 Å². The van der Waals surface area contributed by atoms with Crippen molar-refractivity contribution in [2.75, 3.05) is 4.72 Å². The highest BCUT2D eigenvalue weighted by molar-refractivity contribution is 7.92. The third-order valence-electron chi connectivity index (χ3n) is 4.87. The van der Waals surface area contributed by atoms with Gasteiger partial charge in [0.2, 0.25) is 0 Å². The number of benzene rings is 2. The smallest absolute Gasteiger partial charge is 0.406 e. The molecule has 0 fully saturated rings. The molecule has 2 aromatic carbocycles. The number of aromatic nitrogens is 3. The molecular formula is C20H19F3N4O3S. The molecule has 4 rings (SSSR count). The van der Waals surface area contributed by atoms with E-state index in [-0.39, 0.29) is 10.6 Å². The number of anilines is 1.